The molecule has 1 aromatic heterocycles. The Hall–Kier alpha value is -3.45. The molecule has 33 heavy (non-hydrogen) atoms. The van der Waals surface area contributed by atoms with Gasteiger partial charge in [0, 0.05) is 31.2 Å². The summed E-state index contributed by atoms with van der Waals surface area (Å²) in [5, 5.41) is 7.71. The first-order valence-electron chi connectivity index (χ1n) is 11.4. The zero-order chi connectivity index (χ0) is 23.0. The van der Waals surface area contributed by atoms with Gasteiger partial charge in [0.05, 0.1) is 24.5 Å². The first-order valence-corrected chi connectivity index (χ1v) is 11.4. The minimum atomic E-state index is -0.255. The molecule has 0 aliphatic heterocycles. The SMILES string of the molecule is COCCN(CC(=O)Nc1cc(-c2ccccc2)nn1-c1ccccc1)C(=O)C1CCCC1. The maximum Gasteiger partial charge on any atom is 0.245 e. The van der Waals surface area contributed by atoms with Gasteiger partial charge in [-0.2, -0.15) is 5.10 Å². The van der Waals surface area contributed by atoms with Crippen LogP contribution in [-0.2, 0) is 14.3 Å². The number of amides is 2. The Morgan fingerprint density at radius 1 is 1.06 bits per heavy atom. The van der Waals surface area contributed by atoms with Crippen LogP contribution >= 0.6 is 0 Å². The highest BCUT2D eigenvalue weighted by molar-refractivity contribution is 5.95. The van der Waals surface area contributed by atoms with Gasteiger partial charge in [-0.15, -0.1) is 0 Å². The molecule has 7 nitrogen and oxygen atoms in total. The molecular weight excluding hydrogens is 416 g/mol. The van der Waals surface area contributed by atoms with Gasteiger partial charge >= 0.3 is 0 Å². The first kappa shape index (κ1) is 22.7. The molecular formula is C26H30N4O3. The molecule has 2 amide bonds. The molecule has 1 heterocycles. The second kappa shape index (κ2) is 10.9. The minimum absolute atomic E-state index is 0.00851. The fourth-order valence-corrected chi connectivity index (χ4v) is 4.24. The molecule has 0 spiro atoms. The molecule has 1 aliphatic carbocycles. The van der Waals surface area contributed by atoms with E-state index in [1.54, 1.807) is 16.7 Å². The van der Waals surface area contributed by atoms with Crippen LogP contribution < -0.4 is 5.32 Å². The lowest BCUT2D eigenvalue weighted by atomic mass is 10.1. The zero-order valence-corrected chi connectivity index (χ0v) is 18.9. The topological polar surface area (TPSA) is 76.5 Å². The lowest BCUT2D eigenvalue weighted by Gasteiger charge is -2.25. The van der Waals surface area contributed by atoms with Crippen molar-refractivity contribution in [2.75, 3.05) is 32.1 Å². The Bertz CT molecular complexity index is 1060. The predicted octanol–water partition coefficient (Wildman–Crippen LogP) is 4.14. The summed E-state index contributed by atoms with van der Waals surface area (Å²) < 4.78 is 6.90. The van der Waals surface area contributed by atoms with E-state index < -0.39 is 0 Å². The van der Waals surface area contributed by atoms with Crippen molar-refractivity contribution < 1.29 is 14.3 Å². The molecule has 172 valence electrons. The highest BCUT2D eigenvalue weighted by Crippen LogP contribution is 2.27. The average Bonchev–Trinajstić information content (AvgIpc) is 3.53. The lowest BCUT2D eigenvalue weighted by Crippen LogP contribution is -2.42. The molecule has 0 radical (unpaired) electrons. The van der Waals surface area contributed by atoms with E-state index in [1.165, 1.54) is 0 Å². The molecule has 0 atom stereocenters. The van der Waals surface area contributed by atoms with E-state index in [0.29, 0.717) is 19.0 Å². The Kier molecular flexibility index (Phi) is 7.52. The number of methoxy groups -OCH3 is 1. The molecule has 1 fully saturated rings. The summed E-state index contributed by atoms with van der Waals surface area (Å²) in [6.07, 6.45) is 3.93. The Balaban J connectivity index is 1.55. The van der Waals surface area contributed by atoms with E-state index in [2.05, 4.69) is 5.32 Å². The zero-order valence-electron chi connectivity index (χ0n) is 18.9. The van der Waals surface area contributed by atoms with Crippen LogP contribution in [0.3, 0.4) is 0 Å². The normalized spacial score (nSPS) is 13.7. The van der Waals surface area contributed by atoms with E-state index in [-0.39, 0.29) is 24.3 Å². The third kappa shape index (κ3) is 5.68. The molecule has 7 heteroatoms. The molecule has 1 saturated carbocycles. The summed E-state index contributed by atoms with van der Waals surface area (Å²) in [6, 6.07) is 21.4. The number of rotatable bonds is 9. The number of benzene rings is 2. The summed E-state index contributed by atoms with van der Waals surface area (Å²) in [5.74, 6) is 0.356. The van der Waals surface area contributed by atoms with Gasteiger partial charge in [-0.1, -0.05) is 61.4 Å². The van der Waals surface area contributed by atoms with Crippen molar-refractivity contribution >= 4 is 17.6 Å². The standard InChI is InChI=1S/C26H30N4O3/c1-33-17-16-29(26(32)21-12-8-9-13-21)19-25(31)27-24-18-23(20-10-4-2-5-11-20)28-30(24)22-14-6-3-7-15-22/h2-7,10-11,14-15,18,21H,8-9,12-13,16-17,19H2,1H3,(H,27,31). The van der Waals surface area contributed by atoms with Crippen molar-refractivity contribution in [1.82, 2.24) is 14.7 Å². The van der Waals surface area contributed by atoms with Gasteiger partial charge in [0.1, 0.15) is 5.82 Å². The lowest BCUT2D eigenvalue weighted by molar-refractivity contribution is -0.138. The van der Waals surface area contributed by atoms with Gasteiger partial charge in [0.25, 0.3) is 0 Å². The number of aromatic nitrogens is 2. The average molecular weight is 447 g/mol. The van der Waals surface area contributed by atoms with Crippen molar-refractivity contribution in [3.8, 4) is 16.9 Å². The number of anilines is 1. The number of ether oxygens (including phenoxy) is 1. The molecule has 3 aromatic rings. The van der Waals surface area contributed by atoms with E-state index in [9.17, 15) is 9.59 Å². The first-order chi connectivity index (χ1) is 16.2. The predicted molar refractivity (Wildman–Crippen MR) is 128 cm³/mol. The number of para-hydroxylation sites is 1. The largest absolute Gasteiger partial charge is 0.383 e. The summed E-state index contributed by atoms with van der Waals surface area (Å²) in [7, 11) is 1.60. The van der Waals surface area contributed by atoms with Gasteiger partial charge in [-0.05, 0) is 25.0 Å². The monoisotopic (exact) mass is 446 g/mol. The smallest absolute Gasteiger partial charge is 0.245 e. The van der Waals surface area contributed by atoms with Gasteiger partial charge in [0.15, 0.2) is 0 Å². The quantitative estimate of drug-likeness (QED) is 0.536. The van der Waals surface area contributed by atoms with E-state index >= 15 is 0 Å². The van der Waals surface area contributed by atoms with E-state index in [0.717, 1.165) is 42.6 Å². The van der Waals surface area contributed by atoms with Gasteiger partial charge in [-0.25, -0.2) is 4.68 Å². The molecule has 0 unspecified atom stereocenters. The summed E-state index contributed by atoms with van der Waals surface area (Å²) in [6.45, 7) is 0.775. The fraction of sp³-hybridized carbons (Fsp3) is 0.346. The van der Waals surface area contributed by atoms with E-state index in [1.807, 2.05) is 66.7 Å². The van der Waals surface area contributed by atoms with Crippen LogP contribution in [0, 0.1) is 5.92 Å². The second-order valence-corrected chi connectivity index (χ2v) is 8.31. The number of carbonyl (C=O) groups is 2. The number of hydrogen-bond donors (Lipinski definition) is 1. The van der Waals surface area contributed by atoms with Crippen LogP contribution in [0.4, 0.5) is 5.82 Å². The van der Waals surface area contributed by atoms with Crippen molar-refractivity contribution in [1.29, 1.82) is 0 Å². The van der Waals surface area contributed by atoms with Crippen LogP contribution in [0.1, 0.15) is 25.7 Å². The minimum Gasteiger partial charge on any atom is -0.383 e. The number of nitrogens with one attached hydrogen (secondary N) is 1. The van der Waals surface area contributed by atoms with Crippen molar-refractivity contribution in [3.63, 3.8) is 0 Å². The van der Waals surface area contributed by atoms with Crippen LogP contribution in [0.15, 0.2) is 66.7 Å². The van der Waals surface area contributed by atoms with E-state index in [4.69, 9.17) is 9.84 Å². The molecule has 0 bridgehead atoms. The third-order valence-electron chi connectivity index (χ3n) is 5.96. The maximum absolute atomic E-state index is 13.0. The maximum atomic E-state index is 13.0. The highest BCUT2D eigenvalue weighted by atomic mass is 16.5. The number of nitrogens with zero attached hydrogens (tertiary/aromatic N) is 3. The number of hydrogen-bond acceptors (Lipinski definition) is 4. The Morgan fingerprint density at radius 2 is 1.73 bits per heavy atom. The fourth-order valence-electron chi connectivity index (χ4n) is 4.24. The second-order valence-electron chi connectivity index (χ2n) is 8.31. The Morgan fingerprint density at radius 3 is 2.39 bits per heavy atom. The van der Waals surface area contributed by atoms with Crippen molar-refractivity contribution in [2.45, 2.75) is 25.7 Å². The van der Waals surface area contributed by atoms with Crippen molar-refractivity contribution in [2.24, 2.45) is 5.92 Å². The Labute approximate surface area is 194 Å². The van der Waals surface area contributed by atoms with Crippen molar-refractivity contribution in [3.05, 3.63) is 66.7 Å². The molecule has 0 saturated heterocycles. The van der Waals surface area contributed by atoms with Gasteiger partial charge in [-0.3, -0.25) is 9.59 Å². The molecule has 4 rings (SSSR count). The summed E-state index contributed by atoms with van der Waals surface area (Å²) >= 11 is 0. The van der Waals surface area contributed by atoms with Gasteiger partial charge < -0.3 is 15.0 Å². The summed E-state index contributed by atoms with van der Waals surface area (Å²) in [4.78, 5) is 27.7. The molecule has 2 aromatic carbocycles. The highest BCUT2D eigenvalue weighted by Gasteiger charge is 2.28. The number of carbonyl (C=O) groups excluding carboxylic acids is 2. The molecule has 1 aliphatic rings. The molecule has 1 N–H and O–H groups in total. The van der Waals surface area contributed by atoms with Crippen LogP contribution in [0.25, 0.3) is 16.9 Å². The summed E-state index contributed by atoms with van der Waals surface area (Å²) in [5.41, 5.74) is 2.56. The van der Waals surface area contributed by atoms with Crippen LogP contribution in [-0.4, -0.2) is 53.3 Å². The van der Waals surface area contributed by atoms with Crippen LogP contribution in [0.2, 0.25) is 0 Å². The van der Waals surface area contributed by atoms with Crippen LogP contribution in [0.5, 0.6) is 0 Å². The third-order valence-corrected chi connectivity index (χ3v) is 5.96. The van der Waals surface area contributed by atoms with Gasteiger partial charge in [0.2, 0.25) is 11.8 Å².